The number of rotatable bonds is 4. The lowest BCUT2D eigenvalue weighted by Gasteiger charge is -2.25. The van der Waals surface area contributed by atoms with Crippen LogP contribution in [-0.4, -0.2) is 48.6 Å². The summed E-state index contributed by atoms with van der Waals surface area (Å²) in [5.74, 6) is 0. The van der Waals surface area contributed by atoms with E-state index in [0.717, 1.165) is 31.6 Å². The number of amides is 2. The van der Waals surface area contributed by atoms with Crippen LogP contribution in [0.2, 0.25) is 5.02 Å². The van der Waals surface area contributed by atoms with Crippen LogP contribution in [0.4, 0.5) is 4.79 Å². The van der Waals surface area contributed by atoms with Crippen LogP contribution < -0.4 is 5.32 Å². The van der Waals surface area contributed by atoms with Crippen LogP contribution in [0.15, 0.2) is 24.3 Å². The predicted molar refractivity (Wildman–Crippen MR) is 82.0 cm³/mol. The van der Waals surface area contributed by atoms with Gasteiger partial charge in [0.25, 0.3) is 0 Å². The summed E-state index contributed by atoms with van der Waals surface area (Å²) in [6, 6.07) is 7.84. The lowest BCUT2D eigenvalue weighted by atomic mass is 10.2. The first-order valence-corrected chi connectivity index (χ1v) is 7.45. The maximum atomic E-state index is 12.1. The SMILES string of the molecule is CCN1CC[C@H](N(C)C(=O)NCc2ccc(Cl)cc2)C1. The number of likely N-dealkylation sites (tertiary alicyclic amines) is 1. The molecular formula is C15H22ClN3O. The van der Waals surface area contributed by atoms with E-state index in [2.05, 4.69) is 17.1 Å². The van der Waals surface area contributed by atoms with Gasteiger partial charge in [0.05, 0.1) is 0 Å². The Morgan fingerprint density at radius 2 is 2.15 bits per heavy atom. The number of nitrogens with zero attached hydrogens (tertiary/aromatic N) is 2. The van der Waals surface area contributed by atoms with Gasteiger partial charge in [0.15, 0.2) is 0 Å². The highest BCUT2D eigenvalue weighted by atomic mass is 35.5. The van der Waals surface area contributed by atoms with Crippen molar-refractivity contribution in [3.05, 3.63) is 34.9 Å². The zero-order valence-electron chi connectivity index (χ0n) is 12.1. The molecule has 1 aromatic carbocycles. The summed E-state index contributed by atoms with van der Waals surface area (Å²) in [5, 5.41) is 3.66. The van der Waals surface area contributed by atoms with Crippen molar-refractivity contribution in [2.75, 3.05) is 26.7 Å². The molecule has 1 aliphatic rings. The Morgan fingerprint density at radius 3 is 2.75 bits per heavy atom. The number of carbonyl (C=O) groups excluding carboxylic acids is 1. The van der Waals surface area contributed by atoms with Crippen LogP contribution in [0, 0.1) is 0 Å². The fourth-order valence-electron chi connectivity index (χ4n) is 2.49. The monoisotopic (exact) mass is 295 g/mol. The Labute approximate surface area is 125 Å². The van der Waals surface area contributed by atoms with E-state index in [0.29, 0.717) is 17.6 Å². The van der Waals surface area contributed by atoms with E-state index in [1.807, 2.05) is 36.2 Å². The van der Waals surface area contributed by atoms with Crippen molar-refractivity contribution in [2.45, 2.75) is 25.9 Å². The second-order valence-corrected chi connectivity index (χ2v) is 5.67. The quantitative estimate of drug-likeness (QED) is 0.927. The molecule has 5 heteroatoms. The molecule has 2 rings (SSSR count). The van der Waals surface area contributed by atoms with Crippen molar-refractivity contribution in [3.8, 4) is 0 Å². The molecule has 0 aliphatic carbocycles. The van der Waals surface area contributed by atoms with Gasteiger partial charge in [0, 0.05) is 37.7 Å². The number of urea groups is 1. The molecule has 4 nitrogen and oxygen atoms in total. The average molecular weight is 296 g/mol. The van der Waals surface area contributed by atoms with Crippen LogP contribution in [0.5, 0.6) is 0 Å². The molecule has 0 radical (unpaired) electrons. The fraction of sp³-hybridized carbons (Fsp3) is 0.533. The van der Waals surface area contributed by atoms with Crippen LogP contribution in [0.1, 0.15) is 18.9 Å². The summed E-state index contributed by atoms with van der Waals surface area (Å²) in [5.41, 5.74) is 1.05. The largest absolute Gasteiger partial charge is 0.334 e. The molecule has 0 aromatic heterocycles. The standard InChI is InChI=1S/C15H22ClN3O/c1-3-19-9-8-14(11-19)18(2)15(20)17-10-12-4-6-13(16)7-5-12/h4-7,14H,3,8-11H2,1-2H3,(H,17,20)/t14-/m0/s1. The minimum absolute atomic E-state index is 0.0112. The summed E-state index contributed by atoms with van der Waals surface area (Å²) in [6.45, 7) is 5.79. The van der Waals surface area contributed by atoms with Crippen LogP contribution in [-0.2, 0) is 6.54 Å². The lowest BCUT2D eigenvalue weighted by molar-refractivity contribution is 0.189. The predicted octanol–water partition coefficient (Wildman–Crippen LogP) is 2.58. The lowest BCUT2D eigenvalue weighted by Crippen LogP contribution is -2.44. The highest BCUT2D eigenvalue weighted by molar-refractivity contribution is 6.30. The van der Waals surface area contributed by atoms with E-state index in [1.165, 1.54) is 0 Å². The zero-order chi connectivity index (χ0) is 14.5. The molecule has 1 N–H and O–H groups in total. The van der Waals surface area contributed by atoms with Gasteiger partial charge >= 0.3 is 6.03 Å². The molecule has 110 valence electrons. The molecule has 1 aliphatic heterocycles. The van der Waals surface area contributed by atoms with E-state index in [-0.39, 0.29) is 6.03 Å². The summed E-state index contributed by atoms with van der Waals surface area (Å²) < 4.78 is 0. The summed E-state index contributed by atoms with van der Waals surface area (Å²) >= 11 is 5.84. The molecule has 1 atom stereocenters. The Bertz CT molecular complexity index is 449. The molecular weight excluding hydrogens is 274 g/mol. The maximum Gasteiger partial charge on any atom is 0.317 e. The Kier molecular flexibility index (Phi) is 5.26. The van der Waals surface area contributed by atoms with Crippen molar-refractivity contribution < 1.29 is 4.79 Å². The molecule has 0 unspecified atom stereocenters. The number of benzene rings is 1. The first-order valence-electron chi connectivity index (χ1n) is 7.07. The van der Waals surface area contributed by atoms with Gasteiger partial charge in [-0.25, -0.2) is 4.79 Å². The Morgan fingerprint density at radius 1 is 1.45 bits per heavy atom. The van der Waals surface area contributed by atoms with Gasteiger partial charge < -0.3 is 15.1 Å². The van der Waals surface area contributed by atoms with Gasteiger partial charge in [-0.05, 0) is 30.7 Å². The van der Waals surface area contributed by atoms with Gasteiger partial charge in [-0.3, -0.25) is 0 Å². The fourth-order valence-corrected chi connectivity index (χ4v) is 2.61. The summed E-state index contributed by atoms with van der Waals surface area (Å²) in [7, 11) is 1.88. The second kappa shape index (κ2) is 6.95. The van der Waals surface area contributed by atoms with Crippen LogP contribution in [0.25, 0.3) is 0 Å². The van der Waals surface area contributed by atoms with E-state index in [9.17, 15) is 4.79 Å². The molecule has 20 heavy (non-hydrogen) atoms. The van der Waals surface area contributed by atoms with E-state index < -0.39 is 0 Å². The molecule has 0 saturated carbocycles. The molecule has 0 bridgehead atoms. The van der Waals surface area contributed by atoms with Crippen molar-refractivity contribution in [1.82, 2.24) is 15.1 Å². The van der Waals surface area contributed by atoms with Crippen molar-refractivity contribution in [1.29, 1.82) is 0 Å². The summed E-state index contributed by atoms with van der Waals surface area (Å²) in [4.78, 5) is 16.3. The smallest absolute Gasteiger partial charge is 0.317 e. The molecule has 1 fully saturated rings. The minimum atomic E-state index is -0.0112. The highest BCUT2D eigenvalue weighted by Crippen LogP contribution is 2.14. The van der Waals surface area contributed by atoms with Crippen LogP contribution in [0.3, 0.4) is 0 Å². The third-order valence-corrected chi connectivity index (χ3v) is 4.17. The Balaban J connectivity index is 1.81. The molecule has 1 aromatic rings. The number of hydrogen-bond donors (Lipinski definition) is 1. The van der Waals surface area contributed by atoms with Gasteiger partial charge in [-0.15, -0.1) is 0 Å². The van der Waals surface area contributed by atoms with Gasteiger partial charge in [-0.1, -0.05) is 30.7 Å². The first kappa shape index (κ1) is 15.1. The second-order valence-electron chi connectivity index (χ2n) is 5.23. The van der Waals surface area contributed by atoms with Crippen molar-refractivity contribution in [2.24, 2.45) is 0 Å². The maximum absolute atomic E-state index is 12.1. The molecule has 2 amide bonds. The average Bonchev–Trinajstić information content (AvgIpc) is 2.94. The molecule has 1 heterocycles. The molecule has 0 spiro atoms. The highest BCUT2D eigenvalue weighted by Gasteiger charge is 2.27. The van der Waals surface area contributed by atoms with E-state index in [4.69, 9.17) is 11.6 Å². The minimum Gasteiger partial charge on any atom is -0.334 e. The van der Waals surface area contributed by atoms with Gasteiger partial charge in [0.1, 0.15) is 0 Å². The molecule has 1 saturated heterocycles. The van der Waals surface area contributed by atoms with Gasteiger partial charge in [0.2, 0.25) is 0 Å². The van der Waals surface area contributed by atoms with Gasteiger partial charge in [-0.2, -0.15) is 0 Å². The number of hydrogen-bond acceptors (Lipinski definition) is 2. The Hall–Kier alpha value is -1.26. The number of carbonyl (C=O) groups is 1. The topological polar surface area (TPSA) is 35.6 Å². The third kappa shape index (κ3) is 3.87. The summed E-state index contributed by atoms with van der Waals surface area (Å²) in [6.07, 6.45) is 1.05. The zero-order valence-corrected chi connectivity index (χ0v) is 12.9. The number of likely N-dealkylation sites (N-methyl/N-ethyl adjacent to an activating group) is 2. The normalized spacial score (nSPS) is 19.1. The van der Waals surface area contributed by atoms with E-state index >= 15 is 0 Å². The number of nitrogens with one attached hydrogen (secondary N) is 1. The van der Waals surface area contributed by atoms with Crippen molar-refractivity contribution >= 4 is 17.6 Å². The van der Waals surface area contributed by atoms with E-state index in [1.54, 1.807) is 0 Å². The van der Waals surface area contributed by atoms with Crippen molar-refractivity contribution in [3.63, 3.8) is 0 Å². The van der Waals surface area contributed by atoms with Crippen LogP contribution >= 0.6 is 11.6 Å². The third-order valence-electron chi connectivity index (χ3n) is 3.92. The first-order chi connectivity index (χ1) is 9.60. The number of halogens is 1.